The van der Waals surface area contributed by atoms with Crippen molar-refractivity contribution in [3.05, 3.63) is 59.7 Å². The summed E-state index contributed by atoms with van der Waals surface area (Å²) in [4.78, 5) is 11.8. The number of nitrogens with one attached hydrogen (secondary N) is 2. The Kier molecular flexibility index (Phi) is 5.35. The summed E-state index contributed by atoms with van der Waals surface area (Å²) in [5, 5.41) is 5.99. The van der Waals surface area contributed by atoms with Crippen LogP contribution >= 0.6 is 0 Å². The fraction of sp³-hybridized carbons (Fsp3) is 0.235. The molecule has 1 amide bonds. The summed E-state index contributed by atoms with van der Waals surface area (Å²) in [6.45, 7) is 3.03. The van der Waals surface area contributed by atoms with E-state index in [1.807, 2.05) is 36.4 Å². The highest BCUT2D eigenvalue weighted by molar-refractivity contribution is 5.92. The Labute approximate surface area is 125 Å². The Morgan fingerprint density at radius 3 is 2.48 bits per heavy atom. The molecule has 0 fully saturated rings. The minimum atomic E-state index is -0.0613. The molecule has 0 saturated heterocycles. The second-order valence-electron chi connectivity index (χ2n) is 4.81. The molecule has 2 aromatic carbocycles. The van der Waals surface area contributed by atoms with E-state index in [-0.39, 0.29) is 12.5 Å². The molecule has 0 aliphatic rings. The van der Waals surface area contributed by atoms with Crippen molar-refractivity contribution in [1.29, 1.82) is 0 Å². The third kappa shape index (κ3) is 4.61. The van der Waals surface area contributed by atoms with Gasteiger partial charge in [0.1, 0.15) is 5.75 Å². The lowest BCUT2D eigenvalue weighted by molar-refractivity contribution is -0.115. The zero-order chi connectivity index (χ0) is 15.1. The first kappa shape index (κ1) is 15.1. The highest BCUT2D eigenvalue weighted by atomic mass is 16.5. The predicted molar refractivity (Wildman–Crippen MR) is 84.5 cm³/mol. The normalized spacial score (nSPS) is 10.2. The van der Waals surface area contributed by atoms with E-state index in [2.05, 4.69) is 29.7 Å². The zero-order valence-electron chi connectivity index (χ0n) is 12.3. The molecule has 0 aliphatic heterocycles. The smallest absolute Gasteiger partial charge is 0.238 e. The topological polar surface area (TPSA) is 50.4 Å². The monoisotopic (exact) mass is 284 g/mol. The van der Waals surface area contributed by atoms with Crippen LogP contribution in [0.1, 0.15) is 11.1 Å². The third-order valence-corrected chi connectivity index (χ3v) is 3.24. The molecule has 0 radical (unpaired) electrons. The van der Waals surface area contributed by atoms with Crippen LogP contribution < -0.4 is 15.4 Å². The summed E-state index contributed by atoms with van der Waals surface area (Å²) in [5.41, 5.74) is 3.19. The van der Waals surface area contributed by atoms with Gasteiger partial charge in [-0.1, -0.05) is 24.3 Å². The number of rotatable bonds is 6. The molecule has 2 N–H and O–H groups in total. The van der Waals surface area contributed by atoms with Gasteiger partial charge in [0.2, 0.25) is 5.91 Å². The minimum absolute atomic E-state index is 0.0613. The Morgan fingerprint density at radius 2 is 1.81 bits per heavy atom. The van der Waals surface area contributed by atoms with Crippen molar-refractivity contribution >= 4 is 11.6 Å². The van der Waals surface area contributed by atoms with Crippen LogP contribution in [-0.4, -0.2) is 19.6 Å². The summed E-state index contributed by atoms with van der Waals surface area (Å²) in [5.74, 6) is 0.708. The number of amides is 1. The second-order valence-corrected chi connectivity index (χ2v) is 4.81. The van der Waals surface area contributed by atoms with Crippen LogP contribution in [0.4, 0.5) is 5.69 Å². The van der Waals surface area contributed by atoms with E-state index in [1.165, 1.54) is 11.1 Å². The Hall–Kier alpha value is -2.33. The van der Waals surface area contributed by atoms with Gasteiger partial charge in [0.15, 0.2) is 0 Å². The molecule has 110 valence electrons. The number of hydrogen-bond acceptors (Lipinski definition) is 3. The van der Waals surface area contributed by atoms with Crippen molar-refractivity contribution in [3.8, 4) is 5.75 Å². The van der Waals surface area contributed by atoms with Crippen LogP contribution in [0, 0.1) is 6.92 Å². The molecule has 0 heterocycles. The summed E-state index contributed by atoms with van der Waals surface area (Å²) >= 11 is 0. The molecular formula is C17H20N2O2. The maximum Gasteiger partial charge on any atom is 0.238 e. The number of carbonyl (C=O) groups is 1. The highest BCUT2D eigenvalue weighted by Gasteiger charge is 2.03. The predicted octanol–water partition coefficient (Wildman–Crippen LogP) is 2.73. The van der Waals surface area contributed by atoms with Crippen LogP contribution in [0.15, 0.2) is 48.5 Å². The molecule has 0 aliphatic carbocycles. The molecule has 4 nitrogen and oxygen atoms in total. The average Bonchev–Trinajstić information content (AvgIpc) is 2.50. The van der Waals surface area contributed by atoms with Crippen LogP contribution in [0.25, 0.3) is 0 Å². The van der Waals surface area contributed by atoms with Gasteiger partial charge < -0.3 is 15.4 Å². The molecule has 0 aromatic heterocycles. The molecule has 0 unspecified atom stereocenters. The fourth-order valence-corrected chi connectivity index (χ4v) is 2.00. The number of ether oxygens (including phenoxy) is 1. The van der Waals surface area contributed by atoms with Crippen molar-refractivity contribution < 1.29 is 9.53 Å². The molecule has 21 heavy (non-hydrogen) atoms. The van der Waals surface area contributed by atoms with Crippen LogP contribution in [0.3, 0.4) is 0 Å². The van der Waals surface area contributed by atoms with E-state index in [4.69, 9.17) is 4.74 Å². The van der Waals surface area contributed by atoms with Crippen molar-refractivity contribution in [3.63, 3.8) is 0 Å². The van der Waals surface area contributed by atoms with Crippen molar-refractivity contribution in [2.45, 2.75) is 13.5 Å². The largest absolute Gasteiger partial charge is 0.497 e. The Balaban J connectivity index is 1.78. The third-order valence-electron chi connectivity index (χ3n) is 3.24. The van der Waals surface area contributed by atoms with E-state index >= 15 is 0 Å². The number of anilines is 1. The van der Waals surface area contributed by atoms with Gasteiger partial charge in [0.25, 0.3) is 0 Å². The Morgan fingerprint density at radius 1 is 1.10 bits per heavy atom. The lowest BCUT2D eigenvalue weighted by Gasteiger charge is -2.09. The molecular weight excluding hydrogens is 264 g/mol. The molecule has 0 spiro atoms. The highest BCUT2D eigenvalue weighted by Crippen LogP contribution is 2.14. The van der Waals surface area contributed by atoms with Crippen molar-refractivity contribution in [1.82, 2.24) is 5.32 Å². The average molecular weight is 284 g/mol. The second kappa shape index (κ2) is 7.45. The summed E-state index contributed by atoms with van der Waals surface area (Å²) in [7, 11) is 1.61. The summed E-state index contributed by atoms with van der Waals surface area (Å²) < 4.78 is 5.07. The van der Waals surface area contributed by atoms with E-state index in [1.54, 1.807) is 7.11 Å². The number of carbonyl (C=O) groups excluding carboxylic acids is 1. The lowest BCUT2D eigenvalue weighted by atomic mass is 10.1. The molecule has 0 saturated carbocycles. The van der Waals surface area contributed by atoms with Gasteiger partial charge in [-0.3, -0.25) is 4.79 Å². The number of methoxy groups -OCH3 is 1. The van der Waals surface area contributed by atoms with E-state index in [0.29, 0.717) is 6.54 Å². The van der Waals surface area contributed by atoms with Crippen molar-refractivity contribution in [2.24, 2.45) is 0 Å². The first-order valence-corrected chi connectivity index (χ1v) is 6.88. The molecule has 0 atom stereocenters. The van der Waals surface area contributed by atoms with Gasteiger partial charge in [-0.15, -0.1) is 0 Å². The van der Waals surface area contributed by atoms with Gasteiger partial charge >= 0.3 is 0 Å². The fourth-order valence-electron chi connectivity index (χ4n) is 2.00. The maximum atomic E-state index is 11.8. The SMILES string of the molecule is COc1ccc(NC(=O)CNCc2ccccc2C)cc1. The maximum absolute atomic E-state index is 11.8. The molecule has 2 rings (SSSR count). The summed E-state index contributed by atoms with van der Waals surface area (Å²) in [6.07, 6.45) is 0. The zero-order valence-corrected chi connectivity index (χ0v) is 12.3. The number of benzene rings is 2. The van der Waals surface area contributed by atoms with Crippen LogP contribution in [0.5, 0.6) is 5.75 Å². The first-order valence-electron chi connectivity index (χ1n) is 6.88. The van der Waals surface area contributed by atoms with Gasteiger partial charge in [-0.05, 0) is 42.3 Å². The van der Waals surface area contributed by atoms with Crippen LogP contribution in [-0.2, 0) is 11.3 Å². The van der Waals surface area contributed by atoms with Crippen molar-refractivity contribution in [2.75, 3.05) is 19.0 Å². The molecule has 2 aromatic rings. The van der Waals surface area contributed by atoms with Gasteiger partial charge in [-0.25, -0.2) is 0 Å². The standard InChI is InChI=1S/C17H20N2O2/c1-13-5-3-4-6-14(13)11-18-12-17(20)19-15-7-9-16(21-2)10-8-15/h3-10,18H,11-12H2,1-2H3,(H,19,20). The van der Waals surface area contributed by atoms with Gasteiger partial charge in [0, 0.05) is 12.2 Å². The number of hydrogen-bond donors (Lipinski definition) is 2. The first-order chi connectivity index (χ1) is 10.2. The van der Waals surface area contributed by atoms with E-state index in [0.717, 1.165) is 11.4 Å². The minimum Gasteiger partial charge on any atom is -0.497 e. The van der Waals surface area contributed by atoms with E-state index in [9.17, 15) is 4.79 Å². The Bertz CT molecular complexity index is 594. The number of aryl methyl sites for hydroxylation is 1. The summed E-state index contributed by atoms with van der Waals surface area (Å²) in [6, 6.07) is 15.4. The van der Waals surface area contributed by atoms with E-state index < -0.39 is 0 Å². The molecule has 4 heteroatoms. The quantitative estimate of drug-likeness (QED) is 0.857. The van der Waals surface area contributed by atoms with Gasteiger partial charge in [-0.2, -0.15) is 0 Å². The van der Waals surface area contributed by atoms with Crippen LogP contribution in [0.2, 0.25) is 0 Å². The van der Waals surface area contributed by atoms with Gasteiger partial charge in [0.05, 0.1) is 13.7 Å². The lowest BCUT2D eigenvalue weighted by Crippen LogP contribution is -2.27. The molecule has 0 bridgehead atoms.